The molecule has 0 aromatic carbocycles. The van der Waals surface area contributed by atoms with Crippen LogP contribution in [0.2, 0.25) is 0 Å². The van der Waals surface area contributed by atoms with Gasteiger partial charge < -0.3 is 33.7 Å². The van der Waals surface area contributed by atoms with E-state index in [2.05, 4.69) is 48.5 Å². The number of quaternary nitrogens is 1. The Morgan fingerprint density at radius 2 is 0.758 bits per heavy atom. The third-order valence-corrected chi connectivity index (χ3v) is 11.1. The van der Waals surface area contributed by atoms with Gasteiger partial charge in [0.15, 0.2) is 12.2 Å². The average molecular weight is 945 g/mol. The molecular formula is C53H102NO12+. The van der Waals surface area contributed by atoms with Crippen molar-refractivity contribution in [1.82, 2.24) is 0 Å². The van der Waals surface area contributed by atoms with Gasteiger partial charge in [0.05, 0.1) is 42.2 Å². The van der Waals surface area contributed by atoms with E-state index in [1.54, 1.807) is 0 Å². The number of hydrogen-bond donors (Lipinski definition) is 1. The van der Waals surface area contributed by atoms with Gasteiger partial charge in [0, 0.05) is 12.8 Å². The van der Waals surface area contributed by atoms with Crippen LogP contribution in [-0.2, 0) is 57.2 Å². The van der Waals surface area contributed by atoms with Crippen LogP contribution in [-0.4, -0.2) is 88.0 Å². The van der Waals surface area contributed by atoms with Crippen molar-refractivity contribution in [3.63, 3.8) is 0 Å². The molecule has 0 bridgehead atoms. The molecule has 2 N–H and O–H groups in total. The summed E-state index contributed by atoms with van der Waals surface area (Å²) in [6.07, 6.45) is 15.8. The zero-order chi connectivity index (χ0) is 51.1. The van der Waals surface area contributed by atoms with E-state index < -0.39 is 46.4 Å². The normalized spacial score (nSPS) is 12.1. The Balaban J connectivity index is -0.00000319. The molecule has 0 aliphatic rings. The lowest BCUT2D eigenvalue weighted by molar-refractivity contribution is -0.655. The maximum Gasteiger partial charge on any atom is 0.311 e. The van der Waals surface area contributed by atoms with Gasteiger partial charge in [-0.3, -0.25) is 28.8 Å². The Morgan fingerprint density at radius 1 is 0.455 bits per heavy atom. The number of carbonyl (C=O) groups is 6. The fraction of sp³-hybridized carbons (Fsp3) is 0.887. The Hall–Kier alpha value is -3.22. The summed E-state index contributed by atoms with van der Waals surface area (Å²) >= 11 is 0. The van der Waals surface area contributed by atoms with Crippen LogP contribution in [0.15, 0.2) is 0 Å². The van der Waals surface area contributed by atoms with Gasteiger partial charge in [-0.05, 0) is 72.6 Å². The summed E-state index contributed by atoms with van der Waals surface area (Å²) in [6, 6.07) is 0. The van der Waals surface area contributed by atoms with Crippen LogP contribution in [0.4, 0.5) is 0 Å². The summed E-state index contributed by atoms with van der Waals surface area (Å²) in [5.74, 6) is -2.17. The minimum absolute atomic E-state index is 0.106. The monoisotopic (exact) mass is 945 g/mol. The number of hydrogen-bond acceptors (Lipinski definition) is 12. The molecule has 0 saturated carbocycles. The lowest BCUT2D eigenvalue weighted by atomic mass is 9.87. The van der Waals surface area contributed by atoms with Crippen molar-refractivity contribution in [3.05, 3.63) is 0 Å². The van der Waals surface area contributed by atoms with Crippen molar-refractivity contribution < 1.29 is 62.5 Å². The zero-order valence-electron chi connectivity index (χ0n) is 45.1. The van der Waals surface area contributed by atoms with Crippen molar-refractivity contribution in [2.24, 2.45) is 21.7 Å². The van der Waals surface area contributed by atoms with Crippen molar-refractivity contribution in [1.29, 1.82) is 0 Å². The first-order valence-electron chi connectivity index (χ1n) is 25.8. The first kappa shape index (κ1) is 67.1. The van der Waals surface area contributed by atoms with Crippen molar-refractivity contribution in [2.45, 2.75) is 244 Å². The highest BCUT2D eigenvalue weighted by Crippen LogP contribution is 2.28. The van der Waals surface area contributed by atoms with Gasteiger partial charge in [0.2, 0.25) is 0 Å². The fourth-order valence-corrected chi connectivity index (χ4v) is 6.55. The molecule has 0 aliphatic heterocycles. The molecule has 0 aromatic rings. The molecule has 0 aliphatic carbocycles. The summed E-state index contributed by atoms with van der Waals surface area (Å²) in [5, 5.41) is 1.97. The average Bonchev–Trinajstić information content (AvgIpc) is 3.25. The van der Waals surface area contributed by atoms with Crippen LogP contribution in [0.3, 0.4) is 0 Å². The van der Waals surface area contributed by atoms with Gasteiger partial charge in [-0.2, -0.15) is 0 Å². The number of carbonyl (C=O) groups excluding carboxylic acids is 6. The van der Waals surface area contributed by atoms with E-state index in [-0.39, 0.29) is 57.7 Å². The standard InChI is InChI=1S/C42H75NO12.C9H20.C2H6/c1-10-13-16-23-40(4,5)37(47)51-29-33(28-50-32-44)54-35(45)21-19-26-43-27-20-22-36(46)55-34(30-52-38(48)41(6,7)24-17-14-11-2)31-53-39(49)42(8,9)25-18-15-12-3;1-5-6-7-8-9(2,3)4;1-2/h32-34,43H,10-31H2,1-9H3;5-8H2,1-4H3;1-2H3/p+1. The SMILES string of the molecule is CC.CCCCCC(C)(C)C.CCCCCC(C)(C)C(=O)OCC(COC=O)OC(=O)CCC[NH2+]CCCC(=O)OC(COC(=O)C(C)(C)CCCCC)COC(=O)C(C)(C)CCCCC. The number of unbranched alkanes of at least 4 members (excludes halogenated alkanes) is 8. The molecule has 0 spiro atoms. The third-order valence-electron chi connectivity index (χ3n) is 11.1. The summed E-state index contributed by atoms with van der Waals surface area (Å²) in [5.41, 5.74) is -1.52. The van der Waals surface area contributed by atoms with E-state index in [1.807, 2.05) is 60.7 Å². The molecule has 0 aromatic heterocycles. The van der Waals surface area contributed by atoms with Crippen molar-refractivity contribution in [2.75, 3.05) is 39.5 Å². The van der Waals surface area contributed by atoms with Gasteiger partial charge in [0.25, 0.3) is 6.47 Å². The molecule has 66 heavy (non-hydrogen) atoms. The molecule has 0 heterocycles. The van der Waals surface area contributed by atoms with Gasteiger partial charge in [-0.1, -0.05) is 139 Å². The molecule has 390 valence electrons. The van der Waals surface area contributed by atoms with E-state index in [1.165, 1.54) is 25.7 Å². The van der Waals surface area contributed by atoms with Crippen LogP contribution in [0.5, 0.6) is 0 Å². The predicted octanol–water partition coefficient (Wildman–Crippen LogP) is 11.2. The quantitative estimate of drug-likeness (QED) is 0.0270. The van der Waals surface area contributed by atoms with Crippen LogP contribution in [0.25, 0.3) is 0 Å². The van der Waals surface area contributed by atoms with Crippen LogP contribution >= 0.6 is 0 Å². The minimum Gasteiger partial charge on any atom is -0.464 e. The summed E-state index contributed by atoms with van der Waals surface area (Å²) in [6.45, 7) is 31.0. The second-order valence-electron chi connectivity index (χ2n) is 20.6. The Bertz CT molecular complexity index is 1240. The molecule has 0 radical (unpaired) electrons. The highest BCUT2D eigenvalue weighted by atomic mass is 16.6. The van der Waals surface area contributed by atoms with Crippen LogP contribution < -0.4 is 5.32 Å². The van der Waals surface area contributed by atoms with Crippen LogP contribution in [0, 0.1) is 21.7 Å². The van der Waals surface area contributed by atoms with Gasteiger partial charge >= 0.3 is 29.8 Å². The number of nitrogens with two attached hydrogens (primary N) is 1. The summed E-state index contributed by atoms with van der Waals surface area (Å²) in [7, 11) is 0. The largest absolute Gasteiger partial charge is 0.464 e. The number of rotatable bonds is 37. The highest BCUT2D eigenvalue weighted by molar-refractivity contribution is 5.77. The van der Waals surface area contributed by atoms with E-state index in [4.69, 9.17) is 28.4 Å². The molecule has 0 fully saturated rings. The van der Waals surface area contributed by atoms with E-state index in [0.717, 1.165) is 57.8 Å². The summed E-state index contributed by atoms with van der Waals surface area (Å²) in [4.78, 5) is 74.5. The van der Waals surface area contributed by atoms with Gasteiger partial charge in [-0.15, -0.1) is 0 Å². The maximum atomic E-state index is 12.9. The Kier molecular flexibility index (Phi) is 40.4. The molecule has 0 rings (SSSR count). The first-order chi connectivity index (χ1) is 31.0. The molecular weight excluding hydrogens is 843 g/mol. The van der Waals surface area contributed by atoms with E-state index in [0.29, 0.717) is 50.6 Å². The maximum absolute atomic E-state index is 12.9. The minimum atomic E-state index is -0.935. The zero-order valence-corrected chi connectivity index (χ0v) is 45.1. The molecule has 1 atom stereocenters. The lowest BCUT2D eigenvalue weighted by Crippen LogP contribution is -2.84. The van der Waals surface area contributed by atoms with E-state index >= 15 is 0 Å². The number of esters is 5. The van der Waals surface area contributed by atoms with Crippen LogP contribution in [0.1, 0.15) is 232 Å². The van der Waals surface area contributed by atoms with Gasteiger partial charge in [-0.25, -0.2) is 0 Å². The second kappa shape index (κ2) is 39.7. The highest BCUT2D eigenvalue weighted by Gasteiger charge is 2.33. The van der Waals surface area contributed by atoms with Crippen molar-refractivity contribution in [3.8, 4) is 0 Å². The van der Waals surface area contributed by atoms with Gasteiger partial charge in [0.1, 0.15) is 26.4 Å². The third kappa shape index (κ3) is 37.8. The van der Waals surface area contributed by atoms with Crippen molar-refractivity contribution >= 4 is 36.3 Å². The topological polar surface area (TPSA) is 174 Å². The van der Waals surface area contributed by atoms with E-state index in [9.17, 15) is 28.8 Å². The summed E-state index contributed by atoms with van der Waals surface area (Å²) < 4.78 is 32.4. The molecule has 1 unspecified atom stereocenters. The fourth-order valence-electron chi connectivity index (χ4n) is 6.55. The molecule has 13 heteroatoms. The Morgan fingerprint density at radius 3 is 1.05 bits per heavy atom. The number of ether oxygens (including phenoxy) is 6. The molecule has 13 nitrogen and oxygen atoms in total. The second-order valence-corrected chi connectivity index (χ2v) is 20.6. The first-order valence-corrected chi connectivity index (χ1v) is 25.8. The molecule has 0 saturated heterocycles. The smallest absolute Gasteiger partial charge is 0.311 e. The Labute approximate surface area is 403 Å². The lowest BCUT2D eigenvalue weighted by Gasteiger charge is -2.26. The predicted molar refractivity (Wildman–Crippen MR) is 263 cm³/mol. The molecule has 0 amide bonds.